The van der Waals surface area contributed by atoms with E-state index < -0.39 is 28.5 Å². The summed E-state index contributed by atoms with van der Waals surface area (Å²) in [5, 5.41) is 3.33. The molecule has 0 radical (unpaired) electrons. The average Bonchev–Trinajstić information content (AvgIpc) is 3.05. The minimum absolute atomic E-state index is 0.0397. The van der Waals surface area contributed by atoms with Gasteiger partial charge in [0.05, 0.1) is 17.2 Å². The van der Waals surface area contributed by atoms with E-state index in [1.807, 2.05) is 67.6 Å². The number of nitrogens with one attached hydrogen (secondary N) is 1. The van der Waals surface area contributed by atoms with Gasteiger partial charge in [0, 0.05) is 24.5 Å². The summed E-state index contributed by atoms with van der Waals surface area (Å²) in [6, 6.07) is 30.3. The Kier molecular flexibility index (Phi) is 12.0. The van der Waals surface area contributed by atoms with E-state index in [4.69, 9.17) is 16.3 Å². The van der Waals surface area contributed by atoms with Gasteiger partial charge in [-0.05, 0) is 60.9 Å². The fourth-order valence-electron chi connectivity index (χ4n) is 4.89. The fourth-order valence-corrected chi connectivity index (χ4v) is 6.44. The highest BCUT2D eigenvalue weighted by Gasteiger charge is 2.35. The minimum atomic E-state index is -4.29. The van der Waals surface area contributed by atoms with Gasteiger partial charge < -0.3 is 15.0 Å². The van der Waals surface area contributed by atoms with Crippen LogP contribution in [0.4, 0.5) is 5.69 Å². The van der Waals surface area contributed by atoms with Crippen molar-refractivity contribution in [3.05, 3.63) is 125 Å². The number of para-hydroxylation sites is 2. The molecule has 2 amide bonds. The topological polar surface area (TPSA) is 96.0 Å². The number of ether oxygens (including phenoxy) is 1. The van der Waals surface area contributed by atoms with Crippen molar-refractivity contribution in [3.63, 3.8) is 0 Å². The molecule has 0 aliphatic rings. The van der Waals surface area contributed by atoms with Crippen molar-refractivity contribution in [2.75, 3.05) is 24.0 Å². The zero-order valence-corrected chi connectivity index (χ0v) is 27.0. The van der Waals surface area contributed by atoms with Gasteiger partial charge in [-0.15, -0.1) is 0 Å². The second kappa shape index (κ2) is 16.1. The van der Waals surface area contributed by atoms with Gasteiger partial charge in [0.25, 0.3) is 10.0 Å². The Balaban J connectivity index is 1.82. The van der Waals surface area contributed by atoms with Crippen molar-refractivity contribution in [2.45, 2.75) is 44.2 Å². The van der Waals surface area contributed by atoms with Gasteiger partial charge in [0.2, 0.25) is 11.8 Å². The Morgan fingerprint density at radius 2 is 1.42 bits per heavy atom. The monoisotopic (exact) mass is 647 g/mol. The van der Waals surface area contributed by atoms with Crippen LogP contribution < -0.4 is 14.4 Å². The Hall–Kier alpha value is -4.34. The van der Waals surface area contributed by atoms with Crippen molar-refractivity contribution in [1.82, 2.24) is 10.2 Å². The molecule has 10 heteroatoms. The van der Waals surface area contributed by atoms with Crippen LogP contribution in [0.15, 0.2) is 114 Å². The Morgan fingerprint density at radius 1 is 0.822 bits per heavy atom. The molecule has 0 saturated carbocycles. The number of amides is 2. The molecule has 8 nitrogen and oxygen atoms in total. The van der Waals surface area contributed by atoms with Crippen molar-refractivity contribution in [3.8, 4) is 5.75 Å². The number of carbonyl (C=O) groups is 2. The van der Waals surface area contributed by atoms with Crippen molar-refractivity contribution in [2.24, 2.45) is 0 Å². The maximum atomic E-state index is 14.5. The zero-order chi connectivity index (χ0) is 32.2. The standard InChI is InChI=1S/C35H38ClN3O5S/c1-3-23-37-35(41)32(24-27-13-7-5-8-14-27)38(25-28-15-9-6-10-16-28)34(40)26-39(31-17-11-12-18-33(31)44-4-2)45(42,43)30-21-19-29(36)20-22-30/h5-22,32H,3-4,23-26H2,1-2H3,(H,37,41). The van der Waals surface area contributed by atoms with Crippen molar-refractivity contribution >= 4 is 39.1 Å². The van der Waals surface area contributed by atoms with Gasteiger partial charge in [-0.1, -0.05) is 91.3 Å². The number of hydrogen-bond acceptors (Lipinski definition) is 5. The first kappa shape index (κ1) is 33.6. The molecule has 0 saturated heterocycles. The van der Waals surface area contributed by atoms with Gasteiger partial charge >= 0.3 is 0 Å². The van der Waals surface area contributed by atoms with E-state index in [0.29, 0.717) is 17.3 Å². The van der Waals surface area contributed by atoms with Crippen LogP contribution in [0.2, 0.25) is 5.02 Å². The smallest absolute Gasteiger partial charge is 0.264 e. The predicted molar refractivity (Wildman–Crippen MR) is 178 cm³/mol. The lowest BCUT2D eigenvalue weighted by atomic mass is 10.0. The number of hydrogen-bond donors (Lipinski definition) is 1. The quantitative estimate of drug-likeness (QED) is 0.168. The highest BCUT2D eigenvalue weighted by molar-refractivity contribution is 7.92. The average molecular weight is 648 g/mol. The van der Waals surface area contributed by atoms with E-state index in [-0.39, 0.29) is 36.1 Å². The molecule has 1 unspecified atom stereocenters. The highest BCUT2D eigenvalue weighted by Crippen LogP contribution is 2.33. The van der Waals surface area contributed by atoms with E-state index in [9.17, 15) is 18.0 Å². The van der Waals surface area contributed by atoms with Crippen LogP contribution in [0.1, 0.15) is 31.4 Å². The van der Waals surface area contributed by atoms with E-state index >= 15 is 0 Å². The van der Waals surface area contributed by atoms with Crippen LogP contribution in [0.5, 0.6) is 5.75 Å². The molecule has 4 rings (SSSR count). The Bertz CT molecular complexity index is 1650. The first-order valence-electron chi connectivity index (χ1n) is 14.9. The third kappa shape index (κ3) is 8.86. The molecule has 0 fully saturated rings. The summed E-state index contributed by atoms with van der Waals surface area (Å²) in [5.74, 6) is -0.552. The third-order valence-electron chi connectivity index (χ3n) is 7.13. The summed E-state index contributed by atoms with van der Waals surface area (Å²) >= 11 is 6.07. The minimum Gasteiger partial charge on any atom is -0.492 e. The number of carbonyl (C=O) groups excluding carboxylic acids is 2. The number of benzene rings is 4. The van der Waals surface area contributed by atoms with Crippen LogP contribution in [0, 0.1) is 0 Å². The van der Waals surface area contributed by atoms with Gasteiger partial charge in [-0.2, -0.15) is 0 Å². The van der Waals surface area contributed by atoms with Crippen LogP contribution in [0.3, 0.4) is 0 Å². The Labute approximate surface area is 270 Å². The van der Waals surface area contributed by atoms with Gasteiger partial charge in [-0.25, -0.2) is 8.42 Å². The summed E-state index contributed by atoms with van der Waals surface area (Å²) in [6.07, 6.45) is 0.964. The van der Waals surface area contributed by atoms with E-state index in [0.717, 1.165) is 21.9 Å². The van der Waals surface area contributed by atoms with E-state index in [1.54, 1.807) is 31.2 Å². The lowest BCUT2D eigenvalue weighted by molar-refractivity contribution is -0.140. The predicted octanol–water partition coefficient (Wildman–Crippen LogP) is 6.10. The molecule has 0 spiro atoms. The van der Waals surface area contributed by atoms with Crippen LogP contribution in [0.25, 0.3) is 0 Å². The molecule has 0 aromatic heterocycles. The summed E-state index contributed by atoms with van der Waals surface area (Å²) in [6.45, 7) is 4.00. The summed E-state index contributed by atoms with van der Waals surface area (Å²) in [4.78, 5) is 29.7. The van der Waals surface area contributed by atoms with Gasteiger partial charge in [-0.3, -0.25) is 13.9 Å². The molecule has 0 aliphatic heterocycles. The normalized spacial score (nSPS) is 11.8. The zero-order valence-electron chi connectivity index (χ0n) is 25.4. The number of halogens is 1. The van der Waals surface area contributed by atoms with E-state index in [1.165, 1.54) is 29.2 Å². The molecule has 45 heavy (non-hydrogen) atoms. The molecule has 4 aromatic rings. The van der Waals surface area contributed by atoms with Crippen molar-refractivity contribution < 1.29 is 22.7 Å². The fraction of sp³-hybridized carbons (Fsp3) is 0.257. The number of anilines is 1. The number of rotatable bonds is 15. The maximum absolute atomic E-state index is 14.5. The second-order valence-electron chi connectivity index (χ2n) is 10.4. The SMILES string of the molecule is CCCNC(=O)C(Cc1ccccc1)N(Cc1ccccc1)C(=O)CN(c1ccccc1OCC)S(=O)(=O)c1ccc(Cl)cc1. The second-order valence-corrected chi connectivity index (χ2v) is 12.7. The summed E-state index contributed by atoms with van der Waals surface area (Å²) in [7, 11) is -4.29. The Morgan fingerprint density at radius 3 is 2.04 bits per heavy atom. The number of sulfonamides is 1. The van der Waals surface area contributed by atoms with Crippen LogP contribution in [-0.2, 0) is 32.6 Å². The molecular formula is C35H38ClN3O5S. The maximum Gasteiger partial charge on any atom is 0.264 e. The molecular weight excluding hydrogens is 610 g/mol. The molecule has 0 heterocycles. The van der Waals surface area contributed by atoms with Gasteiger partial charge in [0.1, 0.15) is 18.3 Å². The first-order valence-corrected chi connectivity index (χ1v) is 16.7. The van der Waals surface area contributed by atoms with Crippen molar-refractivity contribution in [1.29, 1.82) is 0 Å². The summed E-state index contributed by atoms with van der Waals surface area (Å²) < 4.78 is 35.3. The van der Waals surface area contributed by atoms with E-state index in [2.05, 4.69) is 5.32 Å². The molecule has 4 aromatic carbocycles. The lowest BCUT2D eigenvalue weighted by Crippen LogP contribution is -2.53. The molecule has 0 bridgehead atoms. The lowest BCUT2D eigenvalue weighted by Gasteiger charge is -2.34. The third-order valence-corrected chi connectivity index (χ3v) is 9.16. The first-order chi connectivity index (χ1) is 21.7. The highest BCUT2D eigenvalue weighted by atomic mass is 35.5. The largest absolute Gasteiger partial charge is 0.492 e. The molecule has 1 N–H and O–H groups in total. The van der Waals surface area contributed by atoms with Crippen LogP contribution >= 0.6 is 11.6 Å². The molecule has 0 aliphatic carbocycles. The molecule has 1 atom stereocenters. The summed E-state index contributed by atoms with van der Waals surface area (Å²) in [5.41, 5.74) is 1.87. The van der Waals surface area contributed by atoms with Crippen LogP contribution in [-0.4, -0.2) is 50.9 Å². The molecule has 236 valence electrons. The van der Waals surface area contributed by atoms with Gasteiger partial charge in [0.15, 0.2) is 0 Å². The number of nitrogens with zero attached hydrogens (tertiary/aromatic N) is 2.